The first-order chi connectivity index (χ1) is 18.1. The zero-order valence-corrected chi connectivity index (χ0v) is 21.8. The fraction of sp³-hybridized carbons (Fsp3) is 0.552. The van der Waals surface area contributed by atoms with Gasteiger partial charge in [-0.3, -0.25) is 9.59 Å². The zero-order valence-electron chi connectivity index (χ0n) is 21.8. The molecular formula is C29H34F3N3O3. The van der Waals surface area contributed by atoms with Crippen LogP contribution in [0.5, 0.6) is 5.88 Å². The Bertz CT molecular complexity index is 1180. The number of likely N-dealkylation sites (tertiary alicyclic amines) is 2. The maximum atomic E-state index is 14.2. The summed E-state index contributed by atoms with van der Waals surface area (Å²) in [6.07, 6.45) is 4.46. The van der Waals surface area contributed by atoms with Gasteiger partial charge in [-0.25, -0.2) is 18.2 Å². The highest BCUT2D eigenvalue weighted by Crippen LogP contribution is 2.47. The van der Waals surface area contributed by atoms with Crippen molar-refractivity contribution in [2.45, 2.75) is 58.0 Å². The van der Waals surface area contributed by atoms with Crippen molar-refractivity contribution in [3.63, 3.8) is 0 Å². The van der Waals surface area contributed by atoms with E-state index in [2.05, 4.69) is 4.98 Å². The Hall–Kier alpha value is -3.10. The average molecular weight is 530 g/mol. The van der Waals surface area contributed by atoms with Crippen molar-refractivity contribution in [2.24, 2.45) is 17.3 Å². The molecule has 5 rings (SSSR count). The van der Waals surface area contributed by atoms with Crippen LogP contribution in [0.15, 0.2) is 36.5 Å². The maximum Gasteiger partial charge on any atom is 0.228 e. The molecule has 2 aliphatic heterocycles. The van der Waals surface area contributed by atoms with Crippen LogP contribution in [-0.4, -0.2) is 58.9 Å². The summed E-state index contributed by atoms with van der Waals surface area (Å²) in [5.74, 6) is -2.33. The SMILES string of the molecule is C[C@H](Oc1ccc(F)cn1)[C@H]1CCN(C(=O)C2CCN(C(=O)C3(C)CC3)CC2)C[C@@H]1c1ccc(F)c(F)c1. The minimum atomic E-state index is -0.931. The first-order valence-corrected chi connectivity index (χ1v) is 13.5. The first kappa shape index (κ1) is 26.5. The lowest BCUT2D eigenvalue weighted by Gasteiger charge is -2.43. The molecule has 2 saturated heterocycles. The second kappa shape index (κ2) is 10.6. The first-order valence-electron chi connectivity index (χ1n) is 13.5. The fourth-order valence-electron chi connectivity index (χ4n) is 5.91. The normalized spacial score (nSPS) is 24.1. The number of hydrogen-bond acceptors (Lipinski definition) is 4. The predicted octanol–water partition coefficient (Wildman–Crippen LogP) is 4.94. The van der Waals surface area contributed by atoms with Gasteiger partial charge in [-0.05, 0) is 62.8 Å². The van der Waals surface area contributed by atoms with Crippen LogP contribution < -0.4 is 4.74 Å². The van der Waals surface area contributed by atoms with Crippen LogP contribution in [0.25, 0.3) is 0 Å². The Labute approximate surface area is 221 Å². The smallest absolute Gasteiger partial charge is 0.228 e. The van der Waals surface area contributed by atoms with E-state index in [1.54, 1.807) is 6.07 Å². The molecule has 6 nitrogen and oxygen atoms in total. The number of benzene rings is 1. The lowest BCUT2D eigenvalue weighted by molar-refractivity contribution is -0.144. The summed E-state index contributed by atoms with van der Waals surface area (Å²) in [5.41, 5.74) is 0.394. The van der Waals surface area contributed by atoms with Crippen molar-refractivity contribution in [1.29, 1.82) is 0 Å². The molecule has 2 amide bonds. The summed E-state index contributed by atoms with van der Waals surface area (Å²) in [7, 11) is 0. The van der Waals surface area contributed by atoms with Crippen LogP contribution in [-0.2, 0) is 9.59 Å². The van der Waals surface area contributed by atoms with Gasteiger partial charge in [0.25, 0.3) is 0 Å². The summed E-state index contributed by atoms with van der Waals surface area (Å²) in [6.45, 7) is 5.94. The zero-order chi connectivity index (χ0) is 27.0. The number of aromatic nitrogens is 1. The summed E-state index contributed by atoms with van der Waals surface area (Å²) in [4.78, 5) is 34.0. The number of hydrogen-bond donors (Lipinski definition) is 0. The summed E-state index contributed by atoms with van der Waals surface area (Å²) in [6, 6.07) is 6.61. The van der Waals surface area contributed by atoms with Gasteiger partial charge in [0.1, 0.15) is 11.9 Å². The number of piperidine rings is 2. The molecule has 3 fully saturated rings. The van der Waals surface area contributed by atoms with E-state index in [4.69, 9.17) is 4.74 Å². The van der Waals surface area contributed by atoms with Gasteiger partial charge in [-0.1, -0.05) is 13.0 Å². The Morgan fingerprint density at radius 3 is 2.34 bits per heavy atom. The number of amides is 2. The third kappa shape index (κ3) is 5.52. The highest BCUT2D eigenvalue weighted by Gasteiger charge is 2.48. The number of ether oxygens (including phenoxy) is 1. The second-order valence-electron chi connectivity index (χ2n) is 11.3. The molecule has 1 saturated carbocycles. The molecule has 38 heavy (non-hydrogen) atoms. The van der Waals surface area contributed by atoms with Crippen LogP contribution in [0.1, 0.15) is 57.4 Å². The summed E-state index contributed by atoms with van der Waals surface area (Å²) < 4.78 is 47.2. The molecule has 0 spiro atoms. The monoisotopic (exact) mass is 529 g/mol. The third-order valence-corrected chi connectivity index (χ3v) is 8.61. The third-order valence-electron chi connectivity index (χ3n) is 8.61. The van der Waals surface area contributed by atoms with E-state index in [-0.39, 0.29) is 47.0 Å². The molecule has 3 heterocycles. The minimum Gasteiger partial charge on any atom is -0.474 e. The van der Waals surface area contributed by atoms with Gasteiger partial charge in [-0.15, -0.1) is 0 Å². The van der Waals surface area contributed by atoms with Crippen LogP contribution >= 0.6 is 0 Å². The van der Waals surface area contributed by atoms with E-state index in [1.165, 1.54) is 18.2 Å². The standard InChI is InChI=1S/C29H34F3N3O3/c1-18(38-26-6-4-21(30)16-33-26)22-9-14-35(17-23(22)20-3-5-24(31)25(32)15-20)27(36)19-7-12-34(13-8-19)28(37)29(2)10-11-29/h3-6,15-16,18-19,22-23H,7-14,17H2,1-2H3/t18-,22+,23+/m0/s1. The van der Waals surface area contributed by atoms with Gasteiger partial charge in [0.15, 0.2) is 11.6 Å². The number of rotatable bonds is 6. The number of carbonyl (C=O) groups is 2. The lowest BCUT2D eigenvalue weighted by atomic mass is 9.77. The van der Waals surface area contributed by atoms with Gasteiger partial charge < -0.3 is 14.5 Å². The van der Waals surface area contributed by atoms with Gasteiger partial charge >= 0.3 is 0 Å². The Kier molecular flexibility index (Phi) is 7.38. The lowest BCUT2D eigenvalue weighted by Crippen LogP contribution is -2.50. The molecule has 3 aliphatic rings. The van der Waals surface area contributed by atoms with Crippen LogP contribution in [0.3, 0.4) is 0 Å². The Morgan fingerprint density at radius 1 is 1.00 bits per heavy atom. The summed E-state index contributed by atoms with van der Waals surface area (Å²) in [5, 5.41) is 0. The van der Waals surface area contributed by atoms with E-state index in [0.29, 0.717) is 51.0 Å². The molecule has 0 N–H and O–H groups in total. The van der Waals surface area contributed by atoms with Crippen LogP contribution in [0, 0.1) is 34.7 Å². The number of nitrogens with zero attached hydrogens (tertiary/aromatic N) is 3. The van der Waals surface area contributed by atoms with E-state index in [9.17, 15) is 22.8 Å². The van der Waals surface area contributed by atoms with Crippen molar-refractivity contribution in [2.75, 3.05) is 26.2 Å². The topological polar surface area (TPSA) is 62.7 Å². The minimum absolute atomic E-state index is 0.0505. The van der Waals surface area contributed by atoms with Gasteiger partial charge in [0, 0.05) is 55.4 Å². The van der Waals surface area contributed by atoms with Crippen molar-refractivity contribution in [3.05, 3.63) is 59.5 Å². The highest BCUT2D eigenvalue weighted by atomic mass is 19.2. The largest absolute Gasteiger partial charge is 0.474 e. The van der Waals surface area contributed by atoms with Crippen LogP contribution in [0.4, 0.5) is 13.2 Å². The van der Waals surface area contributed by atoms with E-state index in [1.807, 2.05) is 23.6 Å². The average Bonchev–Trinajstić information content (AvgIpc) is 3.68. The van der Waals surface area contributed by atoms with E-state index < -0.39 is 17.5 Å². The van der Waals surface area contributed by atoms with Crippen molar-refractivity contribution < 1.29 is 27.5 Å². The molecule has 2 aromatic rings. The number of halogens is 3. The molecule has 1 aromatic carbocycles. The highest BCUT2D eigenvalue weighted by molar-refractivity contribution is 5.85. The second-order valence-corrected chi connectivity index (χ2v) is 11.3. The molecule has 1 aromatic heterocycles. The summed E-state index contributed by atoms with van der Waals surface area (Å²) >= 11 is 0. The molecule has 204 valence electrons. The fourth-order valence-corrected chi connectivity index (χ4v) is 5.91. The number of pyridine rings is 1. The molecule has 0 bridgehead atoms. The molecule has 3 atom stereocenters. The van der Waals surface area contributed by atoms with Gasteiger partial charge in [-0.2, -0.15) is 0 Å². The van der Waals surface area contributed by atoms with Crippen LogP contribution in [0.2, 0.25) is 0 Å². The number of carbonyl (C=O) groups excluding carboxylic acids is 2. The maximum absolute atomic E-state index is 14.2. The van der Waals surface area contributed by atoms with E-state index >= 15 is 0 Å². The van der Waals surface area contributed by atoms with Crippen molar-refractivity contribution in [1.82, 2.24) is 14.8 Å². The Balaban J connectivity index is 1.28. The molecule has 0 unspecified atom stereocenters. The Morgan fingerprint density at radius 2 is 1.71 bits per heavy atom. The predicted molar refractivity (Wildman–Crippen MR) is 135 cm³/mol. The van der Waals surface area contributed by atoms with Crippen molar-refractivity contribution >= 4 is 11.8 Å². The molecular weight excluding hydrogens is 495 g/mol. The van der Waals surface area contributed by atoms with Gasteiger partial charge in [0.05, 0.1) is 6.20 Å². The van der Waals surface area contributed by atoms with Crippen molar-refractivity contribution in [3.8, 4) is 5.88 Å². The molecule has 9 heteroatoms. The quantitative estimate of drug-likeness (QED) is 0.532. The molecule has 1 aliphatic carbocycles. The van der Waals surface area contributed by atoms with Gasteiger partial charge in [0.2, 0.25) is 17.7 Å². The molecule has 0 radical (unpaired) electrons. The van der Waals surface area contributed by atoms with E-state index in [0.717, 1.165) is 25.1 Å².